The molecule has 0 spiro atoms. The second-order valence-corrected chi connectivity index (χ2v) is 15.1. The van der Waals surface area contributed by atoms with Gasteiger partial charge in [0.05, 0.1) is 12.7 Å². The zero-order chi connectivity index (χ0) is 28.9. The first kappa shape index (κ1) is 32.4. The Hall–Kier alpha value is -0.530. The summed E-state index contributed by atoms with van der Waals surface area (Å²) in [7, 11) is 0. The van der Waals surface area contributed by atoms with E-state index >= 15 is 0 Å². The molecule has 4 fully saturated rings. The van der Waals surface area contributed by atoms with Gasteiger partial charge in [-0.25, -0.2) is 0 Å². The Morgan fingerprint density at radius 2 is 1.68 bits per heavy atom. The molecule has 0 aromatic carbocycles. The standard InChI is InChI=1S/C34H63N3O3/c1-23(8-11-30(39)24(2)22-38)27-9-10-28-32-29(13-15-34(27,28)4)33(3)14-12-26(20-25(33)21-31(32)40)37-19-7-18-36-17-6-5-16-35/h23-29,31-32,36-38,40H,5-22,35H2,1-4H3/t23?,24?,25-,26+,27-,28?,29?,31-,32?,33+,34-/m1/s1. The largest absolute Gasteiger partial charge is 0.396 e. The number of hydrogen-bond acceptors (Lipinski definition) is 6. The minimum Gasteiger partial charge on any atom is -0.396 e. The molecule has 0 aromatic rings. The van der Waals surface area contributed by atoms with Crippen LogP contribution in [0.4, 0.5) is 0 Å². The monoisotopic (exact) mass is 561 g/mol. The highest BCUT2D eigenvalue weighted by atomic mass is 16.3. The van der Waals surface area contributed by atoms with Crippen molar-refractivity contribution in [2.75, 3.05) is 32.8 Å². The van der Waals surface area contributed by atoms with Gasteiger partial charge < -0.3 is 26.6 Å². The maximum absolute atomic E-state index is 12.4. The van der Waals surface area contributed by atoms with Gasteiger partial charge in [-0.15, -0.1) is 0 Å². The summed E-state index contributed by atoms with van der Waals surface area (Å²) in [5.74, 6) is 3.48. The SMILES string of the molecule is CC(CO)C(=O)CCC(C)[C@H]1CCC2C3C(CC[C@@]21C)[C@@]1(C)CC[C@H](NCCCNCCCCN)C[C@@H]1C[C@H]3O. The van der Waals surface area contributed by atoms with Crippen molar-refractivity contribution in [3.63, 3.8) is 0 Å². The Morgan fingerprint density at radius 3 is 2.42 bits per heavy atom. The molecule has 6 heteroatoms. The highest BCUT2D eigenvalue weighted by molar-refractivity contribution is 5.80. The van der Waals surface area contributed by atoms with E-state index in [0.29, 0.717) is 53.4 Å². The molecule has 40 heavy (non-hydrogen) atoms. The topological polar surface area (TPSA) is 108 Å². The van der Waals surface area contributed by atoms with E-state index < -0.39 is 0 Å². The number of carbonyl (C=O) groups excluding carboxylic acids is 1. The van der Waals surface area contributed by atoms with Gasteiger partial charge in [0.1, 0.15) is 5.78 Å². The van der Waals surface area contributed by atoms with Gasteiger partial charge in [-0.3, -0.25) is 4.79 Å². The van der Waals surface area contributed by atoms with Gasteiger partial charge in [-0.2, -0.15) is 0 Å². The molecule has 0 heterocycles. The average molecular weight is 562 g/mol. The lowest BCUT2D eigenvalue weighted by Crippen LogP contribution is -2.59. The van der Waals surface area contributed by atoms with Gasteiger partial charge in [-0.05, 0) is 150 Å². The van der Waals surface area contributed by atoms with Gasteiger partial charge in [-0.1, -0.05) is 27.7 Å². The van der Waals surface area contributed by atoms with Crippen LogP contribution in [0.3, 0.4) is 0 Å². The number of Topliss-reactive ketones (excluding diaryl/α,β-unsaturated/α-hetero) is 1. The molecule has 5 unspecified atom stereocenters. The summed E-state index contributed by atoms with van der Waals surface area (Å²) in [6, 6.07) is 0.598. The van der Waals surface area contributed by atoms with Crippen LogP contribution < -0.4 is 16.4 Å². The summed E-state index contributed by atoms with van der Waals surface area (Å²) >= 11 is 0. The predicted molar refractivity (Wildman–Crippen MR) is 164 cm³/mol. The van der Waals surface area contributed by atoms with Crippen molar-refractivity contribution in [2.45, 2.75) is 123 Å². The molecular weight excluding hydrogens is 498 g/mol. The summed E-state index contributed by atoms with van der Waals surface area (Å²) < 4.78 is 0. The molecule has 6 nitrogen and oxygen atoms in total. The second kappa shape index (κ2) is 14.3. The van der Waals surface area contributed by atoms with E-state index in [2.05, 4.69) is 31.4 Å². The third kappa shape index (κ3) is 6.82. The van der Waals surface area contributed by atoms with Crippen LogP contribution in [0.15, 0.2) is 0 Å². The Bertz CT molecular complexity index is 809. The van der Waals surface area contributed by atoms with Crippen molar-refractivity contribution >= 4 is 5.78 Å². The van der Waals surface area contributed by atoms with E-state index in [0.717, 1.165) is 45.4 Å². The molecule has 6 N–H and O–H groups in total. The van der Waals surface area contributed by atoms with Gasteiger partial charge in [0.15, 0.2) is 0 Å². The van der Waals surface area contributed by atoms with E-state index in [1.54, 1.807) is 0 Å². The van der Waals surface area contributed by atoms with Crippen LogP contribution >= 0.6 is 0 Å². The summed E-state index contributed by atoms with van der Waals surface area (Å²) in [6.45, 7) is 13.3. The number of rotatable bonds is 15. The molecule has 0 amide bonds. The van der Waals surface area contributed by atoms with Gasteiger partial charge in [0.2, 0.25) is 0 Å². The molecule has 4 rings (SSSR count). The number of nitrogens with two attached hydrogens (primary N) is 1. The number of ketones is 1. The fraction of sp³-hybridized carbons (Fsp3) is 0.971. The zero-order valence-electron chi connectivity index (χ0n) is 26.3. The summed E-state index contributed by atoms with van der Waals surface area (Å²) in [6.07, 6.45) is 14.6. The van der Waals surface area contributed by atoms with Gasteiger partial charge in [0, 0.05) is 18.4 Å². The Kier molecular flexibility index (Phi) is 11.6. The number of unbranched alkanes of at least 4 members (excludes halogenated alkanes) is 1. The first-order valence-corrected chi connectivity index (χ1v) is 17.1. The summed E-state index contributed by atoms with van der Waals surface area (Å²) in [5, 5.41) is 28.5. The highest BCUT2D eigenvalue weighted by Crippen LogP contribution is 2.68. The molecule has 0 aliphatic heterocycles. The number of aliphatic hydroxyl groups is 2. The first-order chi connectivity index (χ1) is 19.2. The van der Waals surface area contributed by atoms with E-state index in [1.165, 1.54) is 57.8 Å². The van der Waals surface area contributed by atoms with Crippen molar-refractivity contribution in [3.8, 4) is 0 Å². The van der Waals surface area contributed by atoms with Crippen LogP contribution in [0.2, 0.25) is 0 Å². The second-order valence-electron chi connectivity index (χ2n) is 15.1. The number of fused-ring (bicyclic) bond motifs is 5. The van der Waals surface area contributed by atoms with E-state index in [4.69, 9.17) is 5.73 Å². The zero-order valence-corrected chi connectivity index (χ0v) is 26.3. The minimum atomic E-state index is -0.237. The maximum Gasteiger partial charge on any atom is 0.137 e. The van der Waals surface area contributed by atoms with Crippen molar-refractivity contribution in [1.82, 2.24) is 10.6 Å². The lowest BCUT2D eigenvalue weighted by Gasteiger charge is -2.62. The Labute approximate surface area is 245 Å². The molecule has 0 bridgehead atoms. The number of hydrogen-bond donors (Lipinski definition) is 5. The van der Waals surface area contributed by atoms with Crippen LogP contribution in [0.1, 0.15) is 111 Å². The fourth-order valence-corrected chi connectivity index (χ4v) is 10.3. The summed E-state index contributed by atoms with van der Waals surface area (Å²) in [4.78, 5) is 12.4. The molecule has 0 saturated heterocycles. The highest BCUT2D eigenvalue weighted by Gasteiger charge is 2.62. The number of carbonyl (C=O) groups is 1. The Morgan fingerprint density at radius 1 is 0.950 bits per heavy atom. The first-order valence-electron chi connectivity index (χ1n) is 17.1. The lowest BCUT2D eigenvalue weighted by atomic mass is 9.43. The molecular formula is C34H63N3O3. The summed E-state index contributed by atoms with van der Waals surface area (Å²) in [5.41, 5.74) is 6.23. The molecule has 11 atom stereocenters. The number of nitrogens with one attached hydrogen (secondary N) is 2. The molecule has 4 saturated carbocycles. The van der Waals surface area contributed by atoms with Crippen LogP contribution in [-0.4, -0.2) is 60.9 Å². The van der Waals surface area contributed by atoms with Crippen molar-refractivity contribution in [3.05, 3.63) is 0 Å². The Balaban J connectivity index is 1.30. The van der Waals surface area contributed by atoms with E-state index in [9.17, 15) is 15.0 Å². The fourth-order valence-electron chi connectivity index (χ4n) is 10.3. The average Bonchev–Trinajstić information content (AvgIpc) is 3.30. The molecule has 4 aliphatic rings. The smallest absolute Gasteiger partial charge is 0.137 e. The van der Waals surface area contributed by atoms with Crippen molar-refractivity contribution in [1.29, 1.82) is 0 Å². The van der Waals surface area contributed by atoms with Crippen LogP contribution in [0.5, 0.6) is 0 Å². The lowest BCUT2D eigenvalue weighted by molar-refractivity contribution is -0.167. The van der Waals surface area contributed by atoms with E-state index in [1.807, 2.05) is 6.92 Å². The van der Waals surface area contributed by atoms with Crippen LogP contribution in [-0.2, 0) is 4.79 Å². The van der Waals surface area contributed by atoms with Crippen LogP contribution in [0, 0.1) is 52.3 Å². The van der Waals surface area contributed by atoms with Crippen LogP contribution in [0.25, 0.3) is 0 Å². The van der Waals surface area contributed by atoms with Crippen molar-refractivity contribution in [2.24, 2.45) is 58.0 Å². The van der Waals surface area contributed by atoms with E-state index in [-0.39, 0.29) is 29.8 Å². The van der Waals surface area contributed by atoms with Gasteiger partial charge in [0.25, 0.3) is 0 Å². The quantitative estimate of drug-likeness (QED) is 0.182. The normalized spacial score (nSPS) is 40.6. The third-order valence-electron chi connectivity index (χ3n) is 12.9. The molecule has 232 valence electrons. The van der Waals surface area contributed by atoms with Gasteiger partial charge >= 0.3 is 0 Å². The molecule has 4 aliphatic carbocycles. The predicted octanol–water partition coefficient (Wildman–Crippen LogP) is 4.91. The minimum absolute atomic E-state index is 0.0403. The van der Waals surface area contributed by atoms with Crippen molar-refractivity contribution < 1.29 is 15.0 Å². The molecule has 0 radical (unpaired) electrons. The molecule has 0 aromatic heterocycles. The third-order valence-corrected chi connectivity index (χ3v) is 12.9. The number of aliphatic hydroxyl groups excluding tert-OH is 2. The maximum atomic E-state index is 12.4.